The van der Waals surface area contributed by atoms with Gasteiger partial charge >= 0.3 is 12.0 Å². The first-order valence-electron chi connectivity index (χ1n) is 6.10. The van der Waals surface area contributed by atoms with E-state index in [0.29, 0.717) is 6.54 Å². The Morgan fingerprint density at radius 1 is 1.47 bits per heavy atom. The highest BCUT2D eigenvalue weighted by Crippen LogP contribution is 2.11. The molecule has 6 nitrogen and oxygen atoms in total. The molecular weight excluding hydrogens is 248 g/mol. The summed E-state index contributed by atoms with van der Waals surface area (Å²) in [7, 11) is 1.61. The molecule has 0 aliphatic heterocycles. The summed E-state index contributed by atoms with van der Waals surface area (Å²) in [5.41, 5.74) is 0.897. The van der Waals surface area contributed by atoms with Crippen molar-refractivity contribution in [3.8, 4) is 0 Å². The van der Waals surface area contributed by atoms with Gasteiger partial charge in [0.1, 0.15) is 11.8 Å². The Kier molecular flexibility index (Phi) is 4.97. The molecule has 0 aliphatic rings. The van der Waals surface area contributed by atoms with E-state index in [0.717, 1.165) is 11.3 Å². The number of furan rings is 1. The first-order valence-corrected chi connectivity index (χ1v) is 6.10. The van der Waals surface area contributed by atoms with Crippen molar-refractivity contribution >= 4 is 12.0 Å². The molecule has 0 saturated carbocycles. The normalized spacial score (nSPS) is 12.3. The quantitative estimate of drug-likeness (QED) is 0.853. The number of urea groups is 1. The maximum Gasteiger partial charge on any atom is 0.326 e. The van der Waals surface area contributed by atoms with Gasteiger partial charge in [0.05, 0.1) is 12.8 Å². The van der Waals surface area contributed by atoms with Crippen LogP contribution in [0.1, 0.15) is 25.2 Å². The van der Waals surface area contributed by atoms with Crippen molar-refractivity contribution in [2.24, 2.45) is 5.92 Å². The van der Waals surface area contributed by atoms with Gasteiger partial charge in [-0.2, -0.15) is 0 Å². The average molecular weight is 268 g/mol. The van der Waals surface area contributed by atoms with Crippen LogP contribution in [0, 0.1) is 12.8 Å². The molecule has 2 N–H and O–H groups in total. The second-order valence-corrected chi connectivity index (χ2v) is 4.87. The largest absolute Gasteiger partial charge is 0.480 e. The van der Waals surface area contributed by atoms with E-state index >= 15 is 0 Å². The molecule has 0 saturated heterocycles. The minimum absolute atomic E-state index is 0.175. The van der Waals surface area contributed by atoms with Gasteiger partial charge in [-0.1, -0.05) is 13.8 Å². The molecular formula is C13H20N2O4. The predicted octanol–water partition coefficient (Wildman–Crippen LogP) is 1.84. The van der Waals surface area contributed by atoms with E-state index in [-0.39, 0.29) is 5.92 Å². The first kappa shape index (κ1) is 15.1. The Morgan fingerprint density at radius 3 is 2.53 bits per heavy atom. The lowest BCUT2D eigenvalue weighted by molar-refractivity contribution is -0.140. The van der Waals surface area contributed by atoms with Gasteiger partial charge < -0.3 is 19.7 Å². The van der Waals surface area contributed by atoms with Gasteiger partial charge in [-0.25, -0.2) is 9.59 Å². The summed E-state index contributed by atoms with van der Waals surface area (Å²) in [4.78, 5) is 24.4. The topological polar surface area (TPSA) is 82.8 Å². The molecule has 19 heavy (non-hydrogen) atoms. The number of aryl methyl sites for hydroxylation is 1. The molecule has 0 aliphatic carbocycles. The van der Waals surface area contributed by atoms with Gasteiger partial charge in [-0.15, -0.1) is 0 Å². The van der Waals surface area contributed by atoms with E-state index in [9.17, 15) is 9.59 Å². The summed E-state index contributed by atoms with van der Waals surface area (Å²) in [6.45, 7) is 5.69. The zero-order chi connectivity index (χ0) is 14.6. The fourth-order valence-electron chi connectivity index (χ4n) is 1.66. The highest BCUT2D eigenvalue weighted by Gasteiger charge is 2.25. The number of carboxylic acids is 1. The standard InChI is InChI=1S/C13H20N2O4/c1-8(2)11(12(16)17)14-13(18)15(4)7-10-5-6-19-9(10)3/h5-6,8,11H,7H2,1-4H3,(H,14,18)(H,16,17). The molecule has 6 heteroatoms. The van der Waals surface area contributed by atoms with Crippen LogP contribution in [0.5, 0.6) is 0 Å². The Hall–Kier alpha value is -1.98. The summed E-state index contributed by atoms with van der Waals surface area (Å²) in [6, 6.07) is 0.484. The molecule has 0 bridgehead atoms. The molecule has 0 radical (unpaired) electrons. The van der Waals surface area contributed by atoms with Crippen molar-refractivity contribution in [1.82, 2.24) is 10.2 Å². The van der Waals surface area contributed by atoms with Gasteiger partial charge in [0.2, 0.25) is 0 Å². The maximum absolute atomic E-state index is 11.9. The fraction of sp³-hybridized carbons (Fsp3) is 0.538. The van der Waals surface area contributed by atoms with E-state index < -0.39 is 18.0 Å². The van der Waals surface area contributed by atoms with Gasteiger partial charge in [0, 0.05) is 12.6 Å². The number of hydrogen-bond donors (Lipinski definition) is 2. The Morgan fingerprint density at radius 2 is 2.11 bits per heavy atom. The molecule has 0 aromatic carbocycles. The number of nitrogens with zero attached hydrogens (tertiary/aromatic N) is 1. The fourth-order valence-corrected chi connectivity index (χ4v) is 1.66. The maximum atomic E-state index is 11.9. The SMILES string of the molecule is Cc1occc1CN(C)C(=O)NC(C(=O)O)C(C)C. The zero-order valence-electron chi connectivity index (χ0n) is 11.6. The number of carbonyl (C=O) groups is 2. The van der Waals surface area contributed by atoms with Crippen molar-refractivity contribution in [2.45, 2.75) is 33.4 Å². The highest BCUT2D eigenvalue weighted by atomic mass is 16.4. The van der Waals surface area contributed by atoms with Crippen molar-refractivity contribution in [1.29, 1.82) is 0 Å². The van der Waals surface area contributed by atoms with Crippen molar-refractivity contribution < 1.29 is 19.1 Å². The van der Waals surface area contributed by atoms with Crippen molar-refractivity contribution in [2.75, 3.05) is 7.05 Å². The number of aliphatic carboxylic acids is 1. The molecule has 1 heterocycles. The van der Waals surface area contributed by atoms with E-state index in [2.05, 4.69) is 5.32 Å². The minimum atomic E-state index is -1.03. The molecule has 1 rings (SSSR count). The Labute approximate surface area is 112 Å². The van der Waals surface area contributed by atoms with E-state index in [1.165, 1.54) is 4.90 Å². The third-order valence-corrected chi connectivity index (χ3v) is 2.93. The monoisotopic (exact) mass is 268 g/mol. The zero-order valence-corrected chi connectivity index (χ0v) is 11.6. The third-order valence-electron chi connectivity index (χ3n) is 2.93. The molecule has 1 aromatic heterocycles. The van der Waals surface area contributed by atoms with Gasteiger partial charge in [-0.3, -0.25) is 0 Å². The van der Waals surface area contributed by atoms with Crippen LogP contribution < -0.4 is 5.32 Å². The summed E-state index contributed by atoms with van der Waals surface area (Å²) < 4.78 is 5.15. The molecule has 0 fully saturated rings. The second kappa shape index (κ2) is 6.26. The summed E-state index contributed by atoms with van der Waals surface area (Å²) >= 11 is 0. The van der Waals surface area contributed by atoms with Crippen LogP contribution >= 0.6 is 0 Å². The van der Waals surface area contributed by atoms with Crippen molar-refractivity contribution in [3.63, 3.8) is 0 Å². The highest BCUT2D eigenvalue weighted by molar-refractivity contribution is 5.82. The summed E-state index contributed by atoms with van der Waals surface area (Å²) in [5.74, 6) is -0.458. The molecule has 1 unspecified atom stereocenters. The lowest BCUT2D eigenvalue weighted by Crippen LogP contribution is -2.48. The van der Waals surface area contributed by atoms with Crippen LogP contribution in [-0.4, -0.2) is 35.1 Å². The Bertz CT molecular complexity index is 453. The number of carboxylic acid groups (broad SMARTS) is 1. The average Bonchev–Trinajstić information content (AvgIpc) is 2.70. The summed E-state index contributed by atoms with van der Waals surface area (Å²) in [5, 5.41) is 11.5. The number of rotatable bonds is 5. The second-order valence-electron chi connectivity index (χ2n) is 4.87. The predicted molar refractivity (Wildman–Crippen MR) is 69.7 cm³/mol. The lowest BCUT2D eigenvalue weighted by Gasteiger charge is -2.23. The number of amides is 2. The molecule has 0 spiro atoms. The van der Waals surface area contributed by atoms with Crippen LogP contribution in [0.25, 0.3) is 0 Å². The van der Waals surface area contributed by atoms with Crippen LogP contribution in [-0.2, 0) is 11.3 Å². The summed E-state index contributed by atoms with van der Waals surface area (Å²) in [6.07, 6.45) is 1.56. The van der Waals surface area contributed by atoms with Crippen LogP contribution in [0.2, 0.25) is 0 Å². The number of nitrogens with one attached hydrogen (secondary N) is 1. The molecule has 1 aromatic rings. The van der Waals surface area contributed by atoms with E-state index in [1.807, 2.05) is 6.92 Å². The number of carbonyl (C=O) groups excluding carboxylic acids is 1. The molecule has 2 amide bonds. The van der Waals surface area contributed by atoms with Gasteiger partial charge in [0.15, 0.2) is 0 Å². The van der Waals surface area contributed by atoms with E-state index in [4.69, 9.17) is 9.52 Å². The lowest BCUT2D eigenvalue weighted by atomic mass is 10.1. The first-order chi connectivity index (χ1) is 8.82. The van der Waals surface area contributed by atoms with Crippen LogP contribution in [0.4, 0.5) is 4.79 Å². The molecule has 106 valence electrons. The molecule has 1 atom stereocenters. The van der Waals surface area contributed by atoms with Crippen molar-refractivity contribution in [3.05, 3.63) is 23.7 Å². The van der Waals surface area contributed by atoms with Gasteiger partial charge in [0.25, 0.3) is 0 Å². The van der Waals surface area contributed by atoms with E-state index in [1.54, 1.807) is 33.2 Å². The van der Waals surface area contributed by atoms with Crippen LogP contribution in [0.3, 0.4) is 0 Å². The van der Waals surface area contributed by atoms with Gasteiger partial charge in [-0.05, 0) is 18.9 Å². The Balaban J connectivity index is 2.62. The minimum Gasteiger partial charge on any atom is -0.480 e. The smallest absolute Gasteiger partial charge is 0.326 e. The van der Waals surface area contributed by atoms with Crippen LogP contribution in [0.15, 0.2) is 16.7 Å². The third kappa shape index (κ3) is 4.01. The number of hydrogen-bond acceptors (Lipinski definition) is 3.